The van der Waals surface area contributed by atoms with Crippen LogP contribution in [0.15, 0.2) is 46.9 Å². The number of carbonyl (C=O) groups is 1. The minimum Gasteiger partial charge on any atom is -0.322 e. The van der Waals surface area contributed by atoms with Crippen LogP contribution in [0.3, 0.4) is 0 Å². The van der Waals surface area contributed by atoms with Gasteiger partial charge in [-0.15, -0.1) is 0 Å². The molecule has 0 spiro atoms. The Morgan fingerprint density at radius 2 is 1.95 bits per heavy atom. The maximum Gasteiger partial charge on any atom is 0.256 e. The van der Waals surface area contributed by atoms with Gasteiger partial charge in [-0.1, -0.05) is 24.3 Å². The molecule has 0 bridgehead atoms. The van der Waals surface area contributed by atoms with Gasteiger partial charge in [0.1, 0.15) is 0 Å². The van der Waals surface area contributed by atoms with E-state index in [0.29, 0.717) is 12.1 Å². The summed E-state index contributed by atoms with van der Waals surface area (Å²) in [7, 11) is 1.88. The van der Waals surface area contributed by atoms with Gasteiger partial charge < -0.3 is 10.6 Å². The maximum atomic E-state index is 12.3. The number of benzene rings is 2. The average molecular weight is 333 g/mol. The fourth-order valence-electron chi connectivity index (χ4n) is 1.98. The van der Waals surface area contributed by atoms with E-state index in [0.717, 1.165) is 21.3 Å². The van der Waals surface area contributed by atoms with E-state index in [1.165, 1.54) is 0 Å². The molecule has 1 amide bonds. The Morgan fingerprint density at radius 3 is 2.65 bits per heavy atom. The lowest BCUT2D eigenvalue weighted by molar-refractivity contribution is 0.102. The first-order valence-corrected chi connectivity index (χ1v) is 7.21. The molecule has 4 heteroatoms. The summed E-state index contributed by atoms with van der Waals surface area (Å²) in [6, 6.07) is 13.5. The third-order valence-corrected chi connectivity index (χ3v) is 3.66. The van der Waals surface area contributed by atoms with E-state index in [-0.39, 0.29) is 5.91 Å². The normalized spacial score (nSPS) is 10.3. The van der Waals surface area contributed by atoms with Crippen molar-refractivity contribution in [3.63, 3.8) is 0 Å². The molecule has 2 rings (SSSR count). The van der Waals surface area contributed by atoms with Gasteiger partial charge in [-0.25, -0.2) is 0 Å². The van der Waals surface area contributed by atoms with E-state index in [1.54, 1.807) is 0 Å². The van der Waals surface area contributed by atoms with Crippen molar-refractivity contribution in [1.82, 2.24) is 5.32 Å². The minimum atomic E-state index is -0.111. The molecule has 2 aromatic rings. The largest absolute Gasteiger partial charge is 0.322 e. The number of aryl methyl sites for hydroxylation is 1. The number of amides is 1. The summed E-state index contributed by atoms with van der Waals surface area (Å²) in [5.74, 6) is -0.111. The van der Waals surface area contributed by atoms with Crippen LogP contribution < -0.4 is 10.6 Å². The zero-order chi connectivity index (χ0) is 14.5. The predicted molar refractivity (Wildman–Crippen MR) is 86.0 cm³/mol. The Kier molecular flexibility index (Phi) is 4.93. The van der Waals surface area contributed by atoms with Gasteiger partial charge in [0.25, 0.3) is 5.91 Å². The molecule has 0 heterocycles. The zero-order valence-corrected chi connectivity index (χ0v) is 13.1. The fraction of sp³-hybridized carbons (Fsp3) is 0.188. The van der Waals surface area contributed by atoms with E-state index in [4.69, 9.17) is 0 Å². The average Bonchev–Trinajstić information content (AvgIpc) is 2.41. The summed E-state index contributed by atoms with van der Waals surface area (Å²) in [6.07, 6.45) is 0. The van der Waals surface area contributed by atoms with E-state index in [2.05, 4.69) is 26.6 Å². The molecule has 20 heavy (non-hydrogen) atoms. The van der Waals surface area contributed by atoms with Crippen LogP contribution in [0.4, 0.5) is 5.69 Å². The van der Waals surface area contributed by atoms with Crippen molar-refractivity contribution in [2.75, 3.05) is 12.4 Å². The molecule has 0 aromatic heterocycles. The summed E-state index contributed by atoms with van der Waals surface area (Å²) >= 11 is 3.44. The molecule has 0 unspecified atom stereocenters. The van der Waals surface area contributed by atoms with Gasteiger partial charge in [0, 0.05) is 16.7 Å². The molecule has 0 aliphatic rings. The van der Waals surface area contributed by atoms with Gasteiger partial charge in [-0.2, -0.15) is 0 Å². The van der Waals surface area contributed by atoms with Crippen molar-refractivity contribution in [2.45, 2.75) is 13.5 Å². The van der Waals surface area contributed by atoms with Gasteiger partial charge in [-0.05, 0) is 59.2 Å². The van der Waals surface area contributed by atoms with Crippen molar-refractivity contribution in [1.29, 1.82) is 0 Å². The summed E-state index contributed by atoms with van der Waals surface area (Å²) < 4.78 is 0.807. The topological polar surface area (TPSA) is 41.1 Å². The van der Waals surface area contributed by atoms with Gasteiger partial charge in [0.2, 0.25) is 0 Å². The summed E-state index contributed by atoms with van der Waals surface area (Å²) in [5.41, 5.74) is 3.64. The third kappa shape index (κ3) is 3.46. The fourth-order valence-corrected chi connectivity index (χ4v) is 2.65. The maximum absolute atomic E-state index is 12.3. The molecule has 0 saturated carbocycles. The molecule has 2 aromatic carbocycles. The summed E-state index contributed by atoms with van der Waals surface area (Å²) in [6.45, 7) is 2.71. The van der Waals surface area contributed by atoms with Gasteiger partial charge in [0.05, 0.1) is 5.56 Å². The quantitative estimate of drug-likeness (QED) is 0.895. The zero-order valence-electron chi connectivity index (χ0n) is 11.5. The highest BCUT2D eigenvalue weighted by Gasteiger charge is 2.11. The Bertz CT molecular complexity index is 626. The highest BCUT2D eigenvalue weighted by molar-refractivity contribution is 9.10. The smallest absolute Gasteiger partial charge is 0.256 e. The Labute approximate surface area is 127 Å². The van der Waals surface area contributed by atoms with E-state index in [9.17, 15) is 4.79 Å². The third-order valence-electron chi connectivity index (χ3n) is 3.00. The standard InChI is InChI=1S/C16H17BrN2O/c1-11-7-8-13(14(17)9-11)16(20)19-15-6-4-3-5-12(15)10-18-2/h3-9,18H,10H2,1-2H3,(H,19,20). The Hall–Kier alpha value is -1.65. The summed E-state index contributed by atoms with van der Waals surface area (Å²) in [4.78, 5) is 12.3. The van der Waals surface area contributed by atoms with Crippen LogP contribution in [0, 0.1) is 6.92 Å². The van der Waals surface area contributed by atoms with Crippen LogP contribution in [-0.2, 0) is 6.54 Å². The molecule has 3 nitrogen and oxygen atoms in total. The molecular formula is C16H17BrN2O. The number of hydrogen-bond donors (Lipinski definition) is 2. The number of carbonyl (C=O) groups excluding carboxylic acids is 1. The molecule has 0 saturated heterocycles. The van der Waals surface area contributed by atoms with Crippen molar-refractivity contribution in [3.8, 4) is 0 Å². The van der Waals surface area contributed by atoms with Crippen molar-refractivity contribution < 1.29 is 4.79 Å². The Morgan fingerprint density at radius 1 is 1.20 bits per heavy atom. The van der Waals surface area contributed by atoms with Crippen molar-refractivity contribution in [2.24, 2.45) is 0 Å². The number of anilines is 1. The first kappa shape index (κ1) is 14.8. The predicted octanol–water partition coefficient (Wildman–Crippen LogP) is 3.73. The molecule has 0 atom stereocenters. The first-order chi connectivity index (χ1) is 9.61. The van der Waals surface area contributed by atoms with Gasteiger partial charge >= 0.3 is 0 Å². The monoisotopic (exact) mass is 332 g/mol. The summed E-state index contributed by atoms with van der Waals surface area (Å²) in [5, 5.41) is 6.06. The van der Waals surface area contributed by atoms with Crippen LogP contribution in [0.5, 0.6) is 0 Å². The molecule has 0 fully saturated rings. The van der Waals surface area contributed by atoms with Crippen molar-refractivity contribution >= 4 is 27.5 Å². The molecule has 0 aliphatic carbocycles. The molecule has 104 valence electrons. The number of para-hydroxylation sites is 1. The van der Waals surface area contributed by atoms with Crippen LogP contribution in [0.25, 0.3) is 0 Å². The molecule has 2 N–H and O–H groups in total. The lowest BCUT2D eigenvalue weighted by Crippen LogP contribution is -2.15. The SMILES string of the molecule is CNCc1ccccc1NC(=O)c1ccc(C)cc1Br. The van der Waals surface area contributed by atoms with E-state index in [1.807, 2.05) is 56.4 Å². The highest BCUT2D eigenvalue weighted by atomic mass is 79.9. The number of nitrogens with one attached hydrogen (secondary N) is 2. The number of rotatable bonds is 4. The first-order valence-electron chi connectivity index (χ1n) is 6.42. The second-order valence-corrected chi connectivity index (χ2v) is 5.48. The molecular weight excluding hydrogens is 316 g/mol. The lowest BCUT2D eigenvalue weighted by Gasteiger charge is -2.11. The second kappa shape index (κ2) is 6.68. The van der Waals surface area contributed by atoms with Crippen LogP contribution >= 0.6 is 15.9 Å². The lowest BCUT2D eigenvalue weighted by atomic mass is 10.1. The second-order valence-electron chi connectivity index (χ2n) is 4.62. The van der Waals surface area contributed by atoms with Gasteiger partial charge in [0.15, 0.2) is 0 Å². The van der Waals surface area contributed by atoms with Gasteiger partial charge in [-0.3, -0.25) is 4.79 Å². The van der Waals surface area contributed by atoms with Crippen LogP contribution in [-0.4, -0.2) is 13.0 Å². The van der Waals surface area contributed by atoms with Crippen molar-refractivity contribution in [3.05, 3.63) is 63.6 Å². The minimum absolute atomic E-state index is 0.111. The van der Waals surface area contributed by atoms with Crippen LogP contribution in [0.1, 0.15) is 21.5 Å². The van der Waals surface area contributed by atoms with Crippen LogP contribution in [0.2, 0.25) is 0 Å². The Balaban J connectivity index is 2.23. The van der Waals surface area contributed by atoms with E-state index < -0.39 is 0 Å². The molecule has 0 radical (unpaired) electrons. The number of hydrogen-bond acceptors (Lipinski definition) is 2. The number of halogens is 1. The van der Waals surface area contributed by atoms with E-state index >= 15 is 0 Å². The highest BCUT2D eigenvalue weighted by Crippen LogP contribution is 2.21. The molecule has 0 aliphatic heterocycles.